The maximum atomic E-state index is 12.4. The molecule has 1 aromatic carbocycles. The Hall–Kier alpha value is -2.34. The van der Waals surface area contributed by atoms with Gasteiger partial charge in [-0.25, -0.2) is 0 Å². The van der Waals surface area contributed by atoms with E-state index in [0.29, 0.717) is 11.3 Å². The summed E-state index contributed by atoms with van der Waals surface area (Å²) in [5.74, 6) is -0.226. The van der Waals surface area contributed by atoms with Crippen LogP contribution in [0.5, 0.6) is 0 Å². The lowest BCUT2D eigenvalue weighted by atomic mass is 9.91. The zero-order chi connectivity index (χ0) is 17.6. The van der Waals surface area contributed by atoms with E-state index in [4.69, 9.17) is 0 Å². The largest absolute Gasteiger partial charge is 0.354 e. The van der Waals surface area contributed by atoms with Crippen molar-refractivity contribution in [3.63, 3.8) is 0 Å². The van der Waals surface area contributed by atoms with Crippen molar-refractivity contribution in [2.75, 3.05) is 12.4 Å². The van der Waals surface area contributed by atoms with Crippen LogP contribution in [0.15, 0.2) is 22.7 Å². The zero-order valence-electron chi connectivity index (χ0n) is 13.8. The van der Waals surface area contributed by atoms with E-state index < -0.39 is 0 Å². The number of benzene rings is 1. The standard InChI is InChI=1S/C19H18BrN3O2/c1-21-19(25)17-12-5-3-2-4-11(12)16(22-17)9-14-13-8-10(20)6-7-15(13)23-18(14)24/h6-9,22H,2-5H2,1H3,(H,21,25)(H,23,24)/b14-9-. The Morgan fingerprint density at radius 2 is 2.00 bits per heavy atom. The number of amides is 2. The predicted molar refractivity (Wildman–Crippen MR) is 101 cm³/mol. The van der Waals surface area contributed by atoms with Crippen LogP contribution in [0.2, 0.25) is 0 Å². The summed E-state index contributed by atoms with van der Waals surface area (Å²) in [4.78, 5) is 27.9. The maximum Gasteiger partial charge on any atom is 0.267 e. The Morgan fingerprint density at radius 3 is 2.76 bits per heavy atom. The first-order valence-corrected chi connectivity index (χ1v) is 9.16. The molecule has 0 fully saturated rings. The number of carbonyl (C=O) groups excluding carboxylic acids is 2. The van der Waals surface area contributed by atoms with Crippen LogP contribution in [-0.2, 0) is 17.6 Å². The first-order valence-electron chi connectivity index (χ1n) is 8.37. The van der Waals surface area contributed by atoms with E-state index in [-0.39, 0.29) is 11.8 Å². The lowest BCUT2D eigenvalue weighted by Crippen LogP contribution is -2.20. The van der Waals surface area contributed by atoms with E-state index in [1.165, 1.54) is 0 Å². The number of halogens is 1. The van der Waals surface area contributed by atoms with Crippen LogP contribution in [0.25, 0.3) is 11.6 Å². The van der Waals surface area contributed by atoms with Gasteiger partial charge in [-0.1, -0.05) is 15.9 Å². The molecule has 0 saturated carbocycles. The molecular weight excluding hydrogens is 382 g/mol. The van der Waals surface area contributed by atoms with Gasteiger partial charge in [0.2, 0.25) is 0 Å². The molecule has 4 rings (SSSR count). The average Bonchev–Trinajstić information content (AvgIpc) is 3.13. The second-order valence-corrected chi connectivity index (χ2v) is 7.27. The molecule has 2 heterocycles. The van der Waals surface area contributed by atoms with Crippen LogP contribution in [0.4, 0.5) is 5.69 Å². The number of H-pyrrole nitrogens is 1. The number of carbonyl (C=O) groups is 2. The molecule has 2 aliphatic rings. The lowest BCUT2D eigenvalue weighted by Gasteiger charge is -2.13. The molecule has 0 saturated heterocycles. The van der Waals surface area contributed by atoms with Crippen molar-refractivity contribution in [1.82, 2.24) is 10.3 Å². The monoisotopic (exact) mass is 399 g/mol. The minimum atomic E-state index is -0.117. The van der Waals surface area contributed by atoms with Crippen molar-refractivity contribution in [2.45, 2.75) is 25.7 Å². The number of hydrogen-bond acceptors (Lipinski definition) is 2. The van der Waals surface area contributed by atoms with Crippen LogP contribution in [0.1, 0.15) is 45.7 Å². The van der Waals surface area contributed by atoms with Gasteiger partial charge in [-0.15, -0.1) is 0 Å². The minimum absolute atomic E-state index is 0.109. The number of anilines is 1. The van der Waals surface area contributed by atoms with Gasteiger partial charge >= 0.3 is 0 Å². The number of rotatable bonds is 2. The van der Waals surface area contributed by atoms with Gasteiger partial charge in [0.25, 0.3) is 11.8 Å². The van der Waals surface area contributed by atoms with E-state index >= 15 is 0 Å². The van der Waals surface area contributed by atoms with Crippen LogP contribution < -0.4 is 10.6 Å². The van der Waals surface area contributed by atoms with Gasteiger partial charge in [-0.3, -0.25) is 9.59 Å². The lowest BCUT2D eigenvalue weighted by molar-refractivity contribution is -0.110. The molecule has 0 unspecified atom stereocenters. The molecule has 2 amide bonds. The SMILES string of the molecule is CNC(=O)c1[nH]c(/C=C2\C(=O)Nc3ccc(Br)cc32)c2c1CCCC2. The first-order chi connectivity index (χ1) is 12.1. The second kappa shape index (κ2) is 6.19. The highest BCUT2D eigenvalue weighted by Crippen LogP contribution is 2.37. The van der Waals surface area contributed by atoms with Crippen LogP contribution >= 0.6 is 15.9 Å². The summed E-state index contributed by atoms with van der Waals surface area (Å²) in [5, 5.41) is 5.59. The van der Waals surface area contributed by atoms with Crippen molar-refractivity contribution in [3.8, 4) is 0 Å². The summed E-state index contributed by atoms with van der Waals surface area (Å²) in [6.45, 7) is 0. The third kappa shape index (κ3) is 2.70. The van der Waals surface area contributed by atoms with E-state index in [2.05, 4.69) is 31.5 Å². The van der Waals surface area contributed by atoms with Gasteiger partial charge in [0.05, 0.1) is 5.57 Å². The topological polar surface area (TPSA) is 74.0 Å². The number of hydrogen-bond donors (Lipinski definition) is 3. The second-order valence-electron chi connectivity index (χ2n) is 6.36. The summed E-state index contributed by atoms with van der Waals surface area (Å²) >= 11 is 3.46. The minimum Gasteiger partial charge on any atom is -0.354 e. The number of aromatic nitrogens is 1. The normalized spacial score (nSPS) is 17.2. The highest BCUT2D eigenvalue weighted by atomic mass is 79.9. The van der Waals surface area contributed by atoms with E-state index in [9.17, 15) is 9.59 Å². The molecule has 1 aliphatic carbocycles. The Balaban J connectivity index is 1.85. The summed E-state index contributed by atoms with van der Waals surface area (Å²) < 4.78 is 0.924. The summed E-state index contributed by atoms with van der Waals surface area (Å²) in [6, 6.07) is 5.73. The van der Waals surface area contributed by atoms with Gasteiger partial charge in [0.15, 0.2) is 0 Å². The van der Waals surface area contributed by atoms with Crippen LogP contribution in [-0.4, -0.2) is 23.8 Å². The fraction of sp³-hybridized carbons (Fsp3) is 0.263. The molecule has 5 nitrogen and oxygen atoms in total. The third-order valence-electron chi connectivity index (χ3n) is 4.86. The Kier molecular flexibility index (Phi) is 4.00. The van der Waals surface area contributed by atoms with Gasteiger partial charge in [0.1, 0.15) is 5.69 Å². The third-order valence-corrected chi connectivity index (χ3v) is 5.36. The van der Waals surface area contributed by atoms with Crippen LogP contribution in [0.3, 0.4) is 0 Å². The van der Waals surface area contributed by atoms with Crippen LogP contribution in [0, 0.1) is 0 Å². The molecule has 0 spiro atoms. The van der Waals surface area contributed by atoms with Gasteiger partial charge in [0, 0.05) is 28.5 Å². The maximum absolute atomic E-state index is 12.4. The highest BCUT2D eigenvalue weighted by molar-refractivity contribution is 9.10. The van der Waals surface area contributed by atoms with Crippen molar-refractivity contribution in [2.24, 2.45) is 0 Å². The Bertz CT molecular complexity index is 927. The smallest absolute Gasteiger partial charge is 0.267 e. The molecular formula is C19H18BrN3O2. The summed E-state index contributed by atoms with van der Waals surface area (Å²) in [5.41, 5.74) is 6.04. The first kappa shape index (κ1) is 16.1. The zero-order valence-corrected chi connectivity index (χ0v) is 15.4. The van der Waals surface area contributed by atoms with Crippen molar-refractivity contribution >= 4 is 45.1 Å². The van der Waals surface area contributed by atoms with Crippen molar-refractivity contribution in [3.05, 3.63) is 50.8 Å². The average molecular weight is 400 g/mol. The van der Waals surface area contributed by atoms with E-state index in [1.807, 2.05) is 24.3 Å². The quantitative estimate of drug-likeness (QED) is 0.675. The molecule has 128 valence electrons. The number of nitrogens with one attached hydrogen (secondary N) is 3. The van der Waals surface area contributed by atoms with Gasteiger partial charge in [-0.05, 0) is 61.1 Å². The highest BCUT2D eigenvalue weighted by Gasteiger charge is 2.27. The molecule has 3 N–H and O–H groups in total. The van der Waals surface area contributed by atoms with Gasteiger partial charge < -0.3 is 15.6 Å². The molecule has 25 heavy (non-hydrogen) atoms. The summed E-state index contributed by atoms with van der Waals surface area (Å²) in [6.07, 6.45) is 5.88. The molecule has 6 heteroatoms. The van der Waals surface area contributed by atoms with Crippen molar-refractivity contribution in [1.29, 1.82) is 0 Å². The van der Waals surface area contributed by atoms with E-state index in [1.54, 1.807) is 7.05 Å². The molecule has 1 aliphatic heterocycles. The fourth-order valence-electron chi connectivity index (χ4n) is 3.65. The summed E-state index contributed by atoms with van der Waals surface area (Å²) in [7, 11) is 1.63. The molecule has 0 radical (unpaired) electrons. The number of fused-ring (bicyclic) bond motifs is 2. The number of aromatic amines is 1. The molecule has 0 atom stereocenters. The van der Waals surface area contributed by atoms with E-state index in [0.717, 1.165) is 58.2 Å². The molecule has 1 aromatic heterocycles. The van der Waals surface area contributed by atoms with Gasteiger partial charge in [-0.2, -0.15) is 0 Å². The predicted octanol–water partition coefficient (Wildman–Crippen LogP) is 3.51. The molecule has 2 aromatic rings. The van der Waals surface area contributed by atoms with Crippen molar-refractivity contribution < 1.29 is 9.59 Å². The Labute approximate surface area is 154 Å². The Morgan fingerprint density at radius 1 is 1.24 bits per heavy atom. The fourth-order valence-corrected chi connectivity index (χ4v) is 4.02. The molecule has 0 bridgehead atoms.